The molecule has 0 amide bonds. The summed E-state index contributed by atoms with van der Waals surface area (Å²) in [6.07, 6.45) is 6.03. The number of benzene rings is 1. The first-order valence-electron chi connectivity index (χ1n) is 7.03. The Balaban J connectivity index is 2.03. The van der Waals surface area contributed by atoms with Crippen LogP contribution in [0.5, 0.6) is 0 Å². The lowest BCUT2D eigenvalue weighted by atomic mass is 9.77. The van der Waals surface area contributed by atoms with Gasteiger partial charge in [-0.05, 0) is 47.9 Å². The highest BCUT2D eigenvalue weighted by atomic mass is 14.7. The Morgan fingerprint density at radius 3 is 2.67 bits per heavy atom. The van der Waals surface area contributed by atoms with Crippen LogP contribution in [0.1, 0.15) is 56.2 Å². The Bertz CT molecular complexity index is 549. The van der Waals surface area contributed by atoms with Gasteiger partial charge in [0.1, 0.15) is 0 Å². The summed E-state index contributed by atoms with van der Waals surface area (Å²) in [4.78, 5) is 3.36. The van der Waals surface area contributed by atoms with Crippen LogP contribution in [0, 0.1) is 5.92 Å². The molecule has 1 aliphatic rings. The first-order chi connectivity index (χ1) is 8.66. The van der Waals surface area contributed by atoms with Crippen LogP contribution in [-0.2, 0) is 0 Å². The number of nitrogens with two attached hydrogens (primary N) is 1. The summed E-state index contributed by atoms with van der Waals surface area (Å²) in [5, 5.41) is 1.32. The van der Waals surface area contributed by atoms with Gasteiger partial charge in [0.15, 0.2) is 0 Å². The minimum Gasteiger partial charge on any atom is -0.361 e. The predicted octanol–water partition coefficient (Wildman–Crippen LogP) is 4.09. The predicted molar refractivity (Wildman–Crippen MR) is 76.7 cm³/mol. The maximum atomic E-state index is 6.42. The van der Waals surface area contributed by atoms with Crippen molar-refractivity contribution in [2.24, 2.45) is 11.7 Å². The lowest BCUT2D eigenvalue weighted by Gasteiger charge is -2.31. The number of hydrogen-bond donors (Lipinski definition) is 2. The maximum absolute atomic E-state index is 6.42. The van der Waals surface area contributed by atoms with E-state index in [2.05, 4.69) is 43.2 Å². The number of fused-ring (bicyclic) bond motifs is 1. The van der Waals surface area contributed by atoms with Gasteiger partial charge in [0, 0.05) is 23.1 Å². The molecule has 1 aromatic heterocycles. The fraction of sp³-hybridized carbons (Fsp3) is 0.500. The minimum atomic E-state index is 0.204. The molecular weight excluding hydrogens is 220 g/mol. The third-order valence-corrected chi connectivity index (χ3v) is 4.42. The summed E-state index contributed by atoms with van der Waals surface area (Å²) >= 11 is 0. The van der Waals surface area contributed by atoms with Crippen molar-refractivity contribution < 1.29 is 0 Å². The van der Waals surface area contributed by atoms with Gasteiger partial charge in [-0.3, -0.25) is 0 Å². The highest BCUT2D eigenvalue weighted by molar-refractivity contribution is 5.84. The third-order valence-electron chi connectivity index (χ3n) is 4.42. The standard InChI is InChI=1S/C16H22N2/c1-10(2)12-6-7-15-13(8-12)14(9-18-15)16(17)11-4-3-5-11/h6-11,16,18H,3-5,17H2,1-2H3. The van der Waals surface area contributed by atoms with Crippen molar-refractivity contribution in [3.8, 4) is 0 Å². The maximum Gasteiger partial charge on any atom is 0.0457 e. The second-order valence-corrected chi connectivity index (χ2v) is 5.92. The van der Waals surface area contributed by atoms with E-state index < -0.39 is 0 Å². The van der Waals surface area contributed by atoms with Crippen LogP contribution >= 0.6 is 0 Å². The zero-order valence-electron chi connectivity index (χ0n) is 11.2. The van der Waals surface area contributed by atoms with E-state index in [1.54, 1.807) is 0 Å². The van der Waals surface area contributed by atoms with E-state index in [4.69, 9.17) is 5.73 Å². The smallest absolute Gasteiger partial charge is 0.0457 e. The average Bonchev–Trinajstić information content (AvgIpc) is 2.68. The van der Waals surface area contributed by atoms with Crippen molar-refractivity contribution in [1.82, 2.24) is 4.98 Å². The molecule has 1 aromatic carbocycles. The van der Waals surface area contributed by atoms with Crippen molar-refractivity contribution in [3.63, 3.8) is 0 Å². The van der Waals surface area contributed by atoms with Crippen molar-refractivity contribution in [1.29, 1.82) is 0 Å². The second kappa shape index (κ2) is 4.43. The van der Waals surface area contributed by atoms with Gasteiger partial charge in [0.05, 0.1) is 0 Å². The lowest BCUT2D eigenvalue weighted by Crippen LogP contribution is -2.26. The van der Waals surface area contributed by atoms with Gasteiger partial charge in [-0.15, -0.1) is 0 Å². The highest BCUT2D eigenvalue weighted by Gasteiger charge is 2.27. The summed E-state index contributed by atoms with van der Waals surface area (Å²) in [5.74, 6) is 1.25. The van der Waals surface area contributed by atoms with E-state index in [9.17, 15) is 0 Å². The molecule has 0 spiro atoms. The molecule has 1 unspecified atom stereocenters. The van der Waals surface area contributed by atoms with E-state index in [-0.39, 0.29) is 6.04 Å². The Labute approximate surface area is 109 Å². The zero-order chi connectivity index (χ0) is 12.7. The van der Waals surface area contributed by atoms with E-state index in [1.165, 1.54) is 41.3 Å². The Kier molecular flexibility index (Phi) is 2.90. The van der Waals surface area contributed by atoms with E-state index in [0.717, 1.165) is 0 Å². The molecule has 1 heterocycles. The minimum absolute atomic E-state index is 0.204. The zero-order valence-corrected chi connectivity index (χ0v) is 11.2. The lowest BCUT2D eigenvalue weighted by molar-refractivity contribution is 0.265. The van der Waals surface area contributed by atoms with Crippen LogP contribution in [0.4, 0.5) is 0 Å². The van der Waals surface area contributed by atoms with Gasteiger partial charge in [0.2, 0.25) is 0 Å². The van der Waals surface area contributed by atoms with Crippen molar-refractivity contribution >= 4 is 10.9 Å². The molecule has 0 aliphatic heterocycles. The first kappa shape index (κ1) is 11.8. The van der Waals surface area contributed by atoms with E-state index in [0.29, 0.717) is 11.8 Å². The van der Waals surface area contributed by atoms with Crippen molar-refractivity contribution in [3.05, 3.63) is 35.5 Å². The largest absolute Gasteiger partial charge is 0.361 e. The van der Waals surface area contributed by atoms with Crippen LogP contribution in [0.15, 0.2) is 24.4 Å². The van der Waals surface area contributed by atoms with E-state index >= 15 is 0 Å². The summed E-state index contributed by atoms with van der Waals surface area (Å²) < 4.78 is 0. The van der Waals surface area contributed by atoms with Gasteiger partial charge < -0.3 is 10.7 Å². The molecule has 2 aromatic rings. The van der Waals surface area contributed by atoms with Crippen LogP contribution in [0.2, 0.25) is 0 Å². The molecule has 18 heavy (non-hydrogen) atoms. The molecule has 0 bridgehead atoms. The molecule has 0 saturated heterocycles. The van der Waals surface area contributed by atoms with Crippen molar-refractivity contribution in [2.75, 3.05) is 0 Å². The summed E-state index contributed by atoms with van der Waals surface area (Å²) in [6, 6.07) is 6.91. The molecule has 1 atom stereocenters. The number of aromatic nitrogens is 1. The van der Waals surface area contributed by atoms with E-state index in [1.807, 2.05) is 0 Å². The monoisotopic (exact) mass is 242 g/mol. The quantitative estimate of drug-likeness (QED) is 0.836. The highest BCUT2D eigenvalue weighted by Crippen LogP contribution is 2.38. The first-order valence-corrected chi connectivity index (χ1v) is 7.03. The van der Waals surface area contributed by atoms with Crippen molar-refractivity contribution in [2.45, 2.75) is 45.1 Å². The number of rotatable bonds is 3. The Morgan fingerprint density at radius 1 is 1.28 bits per heavy atom. The Hall–Kier alpha value is -1.28. The Morgan fingerprint density at radius 2 is 2.06 bits per heavy atom. The fourth-order valence-electron chi connectivity index (χ4n) is 2.85. The molecule has 0 radical (unpaired) electrons. The topological polar surface area (TPSA) is 41.8 Å². The number of aromatic amines is 1. The van der Waals surface area contributed by atoms with Gasteiger partial charge in [-0.2, -0.15) is 0 Å². The molecule has 1 fully saturated rings. The van der Waals surface area contributed by atoms with Gasteiger partial charge in [-0.25, -0.2) is 0 Å². The van der Waals surface area contributed by atoms with Crippen LogP contribution in [0.3, 0.4) is 0 Å². The summed E-state index contributed by atoms with van der Waals surface area (Å²) in [5.41, 5.74) is 10.3. The van der Waals surface area contributed by atoms with Gasteiger partial charge in [0.25, 0.3) is 0 Å². The summed E-state index contributed by atoms with van der Waals surface area (Å²) in [6.45, 7) is 4.47. The molecule has 3 N–H and O–H groups in total. The molecule has 1 aliphatic carbocycles. The molecule has 2 heteroatoms. The second-order valence-electron chi connectivity index (χ2n) is 5.92. The summed E-state index contributed by atoms with van der Waals surface area (Å²) in [7, 11) is 0. The van der Waals surface area contributed by atoms with Crippen LogP contribution in [-0.4, -0.2) is 4.98 Å². The molecule has 2 nitrogen and oxygen atoms in total. The van der Waals surface area contributed by atoms with Gasteiger partial charge >= 0.3 is 0 Å². The average molecular weight is 242 g/mol. The number of nitrogens with one attached hydrogen (secondary N) is 1. The normalized spacial score (nSPS) is 18.2. The number of H-pyrrole nitrogens is 1. The molecular formula is C16H22N2. The fourth-order valence-corrected chi connectivity index (χ4v) is 2.85. The SMILES string of the molecule is CC(C)c1ccc2[nH]cc(C(N)C3CCC3)c2c1. The van der Waals surface area contributed by atoms with Crippen LogP contribution < -0.4 is 5.73 Å². The number of hydrogen-bond acceptors (Lipinski definition) is 1. The third kappa shape index (κ3) is 1.85. The molecule has 3 rings (SSSR count). The molecule has 96 valence electrons. The van der Waals surface area contributed by atoms with Crippen LogP contribution in [0.25, 0.3) is 10.9 Å². The molecule has 1 saturated carbocycles. The van der Waals surface area contributed by atoms with Gasteiger partial charge in [-0.1, -0.05) is 26.3 Å².